The number of ether oxygens (including phenoxy) is 2. The highest BCUT2D eigenvalue weighted by molar-refractivity contribution is 5.93. The van der Waals surface area contributed by atoms with Crippen molar-refractivity contribution < 1.29 is 24.0 Å². The highest BCUT2D eigenvalue weighted by Gasteiger charge is 2.25. The molecule has 1 atom stereocenters. The number of benzene rings is 1. The molecule has 1 fully saturated rings. The first-order valence-corrected chi connectivity index (χ1v) is 6.39. The molecule has 1 aromatic rings. The fraction of sp³-hybridized carbons (Fsp3) is 0.385. The lowest BCUT2D eigenvalue weighted by Crippen LogP contribution is -2.27. The Morgan fingerprint density at radius 3 is 2.95 bits per heavy atom. The Balaban J connectivity index is 1.82. The number of nitrogens with zero attached hydrogens (tertiary/aromatic N) is 1. The Labute approximate surface area is 120 Å². The predicted octanol–water partition coefficient (Wildman–Crippen LogP) is 1.26. The molecule has 1 N–H and O–H groups in total. The zero-order valence-corrected chi connectivity index (χ0v) is 11.1. The van der Waals surface area contributed by atoms with E-state index in [4.69, 9.17) is 9.47 Å². The lowest BCUT2D eigenvalue weighted by atomic mass is 10.2. The van der Waals surface area contributed by atoms with Crippen molar-refractivity contribution in [3.8, 4) is 0 Å². The van der Waals surface area contributed by atoms with Crippen LogP contribution in [-0.4, -0.2) is 36.1 Å². The van der Waals surface area contributed by atoms with Crippen LogP contribution in [0.5, 0.6) is 0 Å². The average molecular weight is 294 g/mol. The highest BCUT2D eigenvalue weighted by Crippen LogP contribution is 2.17. The second-order valence-corrected chi connectivity index (χ2v) is 4.46. The summed E-state index contributed by atoms with van der Waals surface area (Å²) < 4.78 is 9.95. The molecule has 8 nitrogen and oxygen atoms in total. The number of esters is 1. The van der Waals surface area contributed by atoms with Gasteiger partial charge in [-0.1, -0.05) is 6.07 Å². The molecule has 8 heteroatoms. The molecule has 0 spiro atoms. The van der Waals surface area contributed by atoms with Gasteiger partial charge in [-0.15, -0.1) is 0 Å². The van der Waals surface area contributed by atoms with Gasteiger partial charge in [-0.25, -0.2) is 4.79 Å². The number of nitrogens with one attached hydrogen (secondary N) is 1. The second kappa shape index (κ2) is 6.80. The first-order chi connectivity index (χ1) is 10.1. The number of carbonyl (C=O) groups is 2. The van der Waals surface area contributed by atoms with Gasteiger partial charge in [-0.3, -0.25) is 14.9 Å². The van der Waals surface area contributed by atoms with Gasteiger partial charge in [-0.05, 0) is 18.9 Å². The molecule has 112 valence electrons. The van der Waals surface area contributed by atoms with Gasteiger partial charge >= 0.3 is 5.97 Å². The van der Waals surface area contributed by atoms with Crippen molar-refractivity contribution in [2.45, 2.75) is 18.9 Å². The number of nitro groups is 1. The Morgan fingerprint density at radius 2 is 2.29 bits per heavy atom. The molecular formula is C13H14N2O6. The molecule has 0 aliphatic carbocycles. The monoisotopic (exact) mass is 294 g/mol. The third kappa shape index (κ3) is 4.25. The van der Waals surface area contributed by atoms with Gasteiger partial charge in [0.15, 0.2) is 12.7 Å². The van der Waals surface area contributed by atoms with Gasteiger partial charge in [0.2, 0.25) is 0 Å². The van der Waals surface area contributed by atoms with Crippen molar-refractivity contribution >= 4 is 23.3 Å². The molecule has 21 heavy (non-hydrogen) atoms. The molecule has 0 bridgehead atoms. The van der Waals surface area contributed by atoms with Crippen LogP contribution in [0.4, 0.5) is 11.4 Å². The van der Waals surface area contributed by atoms with Gasteiger partial charge in [0, 0.05) is 24.4 Å². The number of hydrogen-bond acceptors (Lipinski definition) is 6. The molecule has 0 saturated carbocycles. The maximum Gasteiger partial charge on any atom is 0.335 e. The topological polar surface area (TPSA) is 108 Å². The Morgan fingerprint density at radius 1 is 1.48 bits per heavy atom. The van der Waals surface area contributed by atoms with Crippen LogP contribution in [0.1, 0.15) is 12.8 Å². The summed E-state index contributed by atoms with van der Waals surface area (Å²) in [6.07, 6.45) is 0.779. The summed E-state index contributed by atoms with van der Waals surface area (Å²) in [6.45, 7) is 0.0566. The van der Waals surface area contributed by atoms with Crippen LogP contribution >= 0.6 is 0 Å². The van der Waals surface area contributed by atoms with Gasteiger partial charge in [0.1, 0.15) is 0 Å². The Bertz CT molecular complexity index is 553. The van der Waals surface area contributed by atoms with E-state index in [0.717, 1.165) is 6.42 Å². The van der Waals surface area contributed by atoms with E-state index in [1.165, 1.54) is 24.3 Å². The number of anilines is 1. The van der Waals surface area contributed by atoms with Crippen LogP contribution in [0.15, 0.2) is 24.3 Å². The number of amides is 1. The van der Waals surface area contributed by atoms with E-state index >= 15 is 0 Å². The minimum atomic E-state index is -0.601. The number of carbonyl (C=O) groups excluding carboxylic acids is 2. The smallest absolute Gasteiger partial charge is 0.335 e. The van der Waals surface area contributed by atoms with Crippen molar-refractivity contribution in [1.29, 1.82) is 0 Å². The van der Waals surface area contributed by atoms with Gasteiger partial charge < -0.3 is 14.8 Å². The number of nitro benzene ring substituents is 1. The average Bonchev–Trinajstić information content (AvgIpc) is 2.99. The quantitative estimate of drug-likeness (QED) is 0.497. The van der Waals surface area contributed by atoms with Gasteiger partial charge in [0.25, 0.3) is 11.6 Å². The molecule has 0 unspecified atom stereocenters. The molecule has 1 aliphatic rings. The standard InChI is InChI=1S/C13H14N2O6/c16-12(8-21-13(17)11-5-2-6-20-11)14-9-3-1-4-10(7-9)15(18)19/h1,3-4,7,11H,2,5-6,8H2,(H,14,16)/t11-/m0/s1. The van der Waals surface area contributed by atoms with Gasteiger partial charge in [-0.2, -0.15) is 0 Å². The van der Waals surface area contributed by atoms with E-state index in [9.17, 15) is 19.7 Å². The molecule has 1 amide bonds. The maximum atomic E-state index is 11.6. The molecule has 1 saturated heterocycles. The summed E-state index contributed by atoms with van der Waals surface area (Å²) in [4.78, 5) is 33.2. The summed E-state index contributed by atoms with van der Waals surface area (Å²) in [6, 6.07) is 5.49. The van der Waals surface area contributed by atoms with Crippen molar-refractivity contribution in [1.82, 2.24) is 0 Å². The van der Waals surface area contributed by atoms with Crippen LogP contribution in [0.2, 0.25) is 0 Å². The summed E-state index contributed by atoms with van der Waals surface area (Å²) in [7, 11) is 0. The van der Waals surface area contributed by atoms with Crippen molar-refractivity contribution in [3.05, 3.63) is 34.4 Å². The van der Waals surface area contributed by atoms with Crippen LogP contribution in [-0.2, 0) is 19.1 Å². The first-order valence-electron chi connectivity index (χ1n) is 6.39. The minimum absolute atomic E-state index is 0.135. The first kappa shape index (κ1) is 14.9. The summed E-state index contributed by atoms with van der Waals surface area (Å²) in [5.41, 5.74) is 0.131. The highest BCUT2D eigenvalue weighted by atomic mass is 16.6. The zero-order chi connectivity index (χ0) is 15.2. The number of non-ortho nitro benzene ring substituents is 1. The molecule has 1 heterocycles. The van der Waals surface area contributed by atoms with E-state index < -0.39 is 29.5 Å². The second-order valence-electron chi connectivity index (χ2n) is 4.46. The predicted molar refractivity (Wildman–Crippen MR) is 71.7 cm³/mol. The Hall–Kier alpha value is -2.48. The van der Waals surface area contributed by atoms with E-state index in [0.29, 0.717) is 13.0 Å². The van der Waals surface area contributed by atoms with E-state index in [2.05, 4.69) is 5.32 Å². The molecule has 0 aromatic heterocycles. The lowest BCUT2D eigenvalue weighted by Gasteiger charge is -2.09. The van der Waals surface area contributed by atoms with Crippen LogP contribution in [0.25, 0.3) is 0 Å². The van der Waals surface area contributed by atoms with E-state index in [1.54, 1.807) is 0 Å². The third-order valence-corrected chi connectivity index (χ3v) is 2.88. The molecule has 2 rings (SSSR count). The van der Waals surface area contributed by atoms with Gasteiger partial charge in [0.05, 0.1) is 4.92 Å². The van der Waals surface area contributed by atoms with Crippen molar-refractivity contribution in [3.63, 3.8) is 0 Å². The summed E-state index contributed by atoms with van der Waals surface area (Å²) in [5, 5.41) is 13.0. The molecule has 0 radical (unpaired) electrons. The summed E-state index contributed by atoms with van der Waals surface area (Å²) >= 11 is 0. The Kier molecular flexibility index (Phi) is 4.83. The van der Waals surface area contributed by atoms with E-state index in [-0.39, 0.29) is 11.4 Å². The molecular weight excluding hydrogens is 280 g/mol. The van der Waals surface area contributed by atoms with Crippen molar-refractivity contribution in [2.75, 3.05) is 18.5 Å². The van der Waals surface area contributed by atoms with Crippen LogP contribution in [0.3, 0.4) is 0 Å². The number of hydrogen-bond donors (Lipinski definition) is 1. The largest absolute Gasteiger partial charge is 0.454 e. The molecule has 1 aliphatic heterocycles. The fourth-order valence-electron chi connectivity index (χ4n) is 1.89. The lowest BCUT2D eigenvalue weighted by molar-refractivity contribution is -0.384. The minimum Gasteiger partial charge on any atom is -0.454 e. The SMILES string of the molecule is O=C(COC(=O)[C@@H]1CCCO1)Nc1cccc([N+](=O)[O-])c1. The fourth-order valence-corrected chi connectivity index (χ4v) is 1.89. The molecule has 1 aromatic carbocycles. The van der Waals surface area contributed by atoms with Crippen molar-refractivity contribution in [2.24, 2.45) is 0 Å². The third-order valence-electron chi connectivity index (χ3n) is 2.88. The van der Waals surface area contributed by atoms with E-state index in [1.807, 2.05) is 0 Å². The normalized spacial score (nSPS) is 17.2. The summed E-state index contributed by atoms with van der Waals surface area (Å²) in [5.74, 6) is -1.14. The zero-order valence-electron chi connectivity index (χ0n) is 11.1. The van der Waals surface area contributed by atoms with Crippen LogP contribution < -0.4 is 5.32 Å². The van der Waals surface area contributed by atoms with Crippen LogP contribution in [0, 0.1) is 10.1 Å². The maximum absolute atomic E-state index is 11.6. The number of rotatable bonds is 5.